The summed E-state index contributed by atoms with van der Waals surface area (Å²) in [5.41, 5.74) is 0. The van der Waals surface area contributed by atoms with Gasteiger partial charge in [0, 0.05) is 13.0 Å². The average molecular weight is 711 g/mol. The van der Waals surface area contributed by atoms with E-state index < -0.39 is 59.8 Å². The van der Waals surface area contributed by atoms with Crippen molar-refractivity contribution in [1.82, 2.24) is 0 Å². The van der Waals surface area contributed by atoms with Gasteiger partial charge < -0.3 is 34.3 Å². The van der Waals surface area contributed by atoms with Crippen LogP contribution in [0.5, 0.6) is 0 Å². The Morgan fingerprint density at radius 1 is 0.771 bits per heavy atom. The third-order valence-electron chi connectivity index (χ3n) is 8.39. The van der Waals surface area contributed by atoms with E-state index in [-0.39, 0.29) is 19.6 Å². The Hall–Kier alpha value is -1.16. The standard InChI is InChI=1S/C35H66O12S/c1-3-5-7-9-11-13-14-15-16-17-18-20-22-24-31(37)45-29(27-43-25-23-21-19-12-10-8-6-4-2)28-44-35-33(39)34(47-48(40,41)42)32(38)30(26-36)46-35/h13-14,29-30,32-36,38-39H,3-12,15-28H2,1-2H3,(H,40,41,42)/b14-13-. The van der Waals surface area contributed by atoms with Crippen molar-refractivity contribution in [2.75, 3.05) is 26.4 Å². The molecule has 6 atom stereocenters. The third-order valence-corrected chi connectivity index (χ3v) is 8.85. The lowest BCUT2D eigenvalue weighted by Gasteiger charge is -2.41. The summed E-state index contributed by atoms with van der Waals surface area (Å²) in [6.07, 6.45) is 17.0. The van der Waals surface area contributed by atoms with Crippen LogP contribution in [0.3, 0.4) is 0 Å². The van der Waals surface area contributed by atoms with Crippen molar-refractivity contribution in [2.24, 2.45) is 0 Å². The predicted octanol–water partition coefficient (Wildman–Crippen LogP) is 5.96. The van der Waals surface area contributed by atoms with Gasteiger partial charge in [0.15, 0.2) is 6.29 Å². The summed E-state index contributed by atoms with van der Waals surface area (Å²) < 4.78 is 58.6. The van der Waals surface area contributed by atoms with Gasteiger partial charge in [-0.25, -0.2) is 4.18 Å². The first kappa shape index (κ1) is 44.9. The zero-order chi connectivity index (χ0) is 35.5. The quantitative estimate of drug-likeness (QED) is 0.0288. The van der Waals surface area contributed by atoms with Gasteiger partial charge >= 0.3 is 16.4 Å². The van der Waals surface area contributed by atoms with Gasteiger partial charge in [-0.15, -0.1) is 0 Å². The van der Waals surface area contributed by atoms with Crippen LogP contribution in [0.15, 0.2) is 12.2 Å². The van der Waals surface area contributed by atoms with Gasteiger partial charge in [-0.3, -0.25) is 9.35 Å². The number of unbranched alkanes of at least 4 members (excludes halogenated alkanes) is 16. The summed E-state index contributed by atoms with van der Waals surface area (Å²) in [5, 5.41) is 30.4. The fourth-order valence-electron chi connectivity index (χ4n) is 5.55. The highest BCUT2D eigenvalue weighted by Gasteiger charge is 2.48. The van der Waals surface area contributed by atoms with E-state index in [4.69, 9.17) is 23.5 Å². The number of carbonyl (C=O) groups is 1. The SMILES string of the molecule is CCCCCC/C=C\CCCCCCCC(=O)OC(COCCCCCCCCCC)COC1OC(CO)C(O)C(OS(=O)(=O)O)C1O. The van der Waals surface area contributed by atoms with Crippen molar-refractivity contribution in [3.8, 4) is 0 Å². The van der Waals surface area contributed by atoms with Gasteiger partial charge in [-0.1, -0.05) is 109 Å². The summed E-state index contributed by atoms with van der Waals surface area (Å²) in [4.78, 5) is 12.7. The molecule has 0 aromatic heterocycles. The molecule has 1 fully saturated rings. The van der Waals surface area contributed by atoms with Crippen LogP contribution in [0.4, 0.5) is 0 Å². The number of hydrogen-bond donors (Lipinski definition) is 4. The zero-order valence-corrected chi connectivity index (χ0v) is 30.4. The highest BCUT2D eigenvalue weighted by molar-refractivity contribution is 7.80. The summed E-state index contributed by atoms with van der Waals surface area (Å²) >= 11 is 0. The zero-order valence-electron chi connectivity index (χ0n) is 29.6. The molecule has 0 aromatic carbocycles. The molecule has 48 heavy (non-hydrogen) atoms. The van der Waals surface area contributed by atoms with E-state index in [9.17, 15) is 28.5 Å². The van der Waals surface area contributed by atoms with Crippen LogP contribution < -0.4 is 0 Å². The topological polar surface area (TPSA) is 178 Å². The first-order chi connectivity index (χ1) is 23.1. The number of esters is 1. The highest BCUT2D eigenvalue weighted by Crippen LogP contribution is 2.26. The highest BCUT2D eigenvalue weighted by atomic mass is 32.3. The van der Waals surface area contributed by atoms with E-state index in [1.165, 1.54) is 57.8 Å². The smallest absolute Gasteiger partial charge is 0.397 e. The molecule has 0 radical (unpaired) electrons. The Morgan fingerprint density at radius 3 is 1.90 bits per heavy atom. The maximum Gasteiger partial charge on any atom is 0.397 e. The Bertz CT molecular complexity index is 915. The maximum absolute atomic E-state index is 12.7. The Balaban J connectivity index is 2.53. The summed E-state index contributed by atoms with van der Waals surface area (Å²) in [5.74, 6) is -0.411. The Labute approximate surface area is 289 Å². The average Bonchev–Trinajstić information content (AvgIpc) is 3.05. The molecule has 0 saturated carbocycles. The summed E-state index contributed by atoms with van der Waals surface area (Å²) in [6.45, 7) is 3.91. The number of hydrogen-bond acceptors (Lipinski definition) is 11. The Kier molecular flexibility index (Phi) is 26.7. The summed E-state index contributed by atoms with van der Waals surface area (Å²) in [7, 11) is -5.05. The maximum atomic E-state index is 12.7. The number of carbonyl (C=O) groups excluding carboxylic acids is 1. The molecule has 284 valence electrons. The van der Waals surface area contributed by atoms with Crippen molar-refractivity contribution in [1.29, 1.82) is 0 Å². The first-order valence-electron chi connectivity index (χ1n) is 18.4. The van der Waals surface area contributed by atoms with Crippen LogP contribution in [-0.2, 0) is 38.3 Å². The van der Waals surface area contributed by atoms with Crippen LogP contribution in [0, 0.1) is 0 Å². The van der Waals surface area contributed by atoms with Crippen LogP contribution in [0.1, 0.15) is 142 Å². The lowest BCUT2D eigenvalue weighted by Crippen LogP contribution is -2.60. The van der Waals surface area contributed by atoms with Crippen LogP contribution >= 0.6 is 0 Å². The fourth-order valence-corrected chi connectivity index (χ4v) is 6.06. The molecule has 1 saturated heterocycles. The second-order valence-corrected chi connectivity index (χ2v) is 13.9. The molecule has 0 spiro atoms. The minimum atomic E-state index is -5.05. The minimum absolute atomic E-state index is 0.0359. The van der Waals surface area contributed by atoms with Crippen molar-refractivity contribution in [3.63, 3.8) is 0 Å². The van der Waals surface area contributed by atoms with Crippen molar-refractivity contribution < 1.29 is 56.2 Å². The molecule has 4 N–H and O–H groups in total. The number of aliphatic hydroxyl groups excluding tert-OH is 3. The van der Waals surface area contributed by atoms with Crippen LogP contribution in [0.2, 0.25) is 0 Å². The second kappa shape index (κ2) is 28.5. The molecule has 1 heterocycles. The van der Waals surface area contributed by atoms with Crippen molar-refractivity contribution in [3.05, 3.63) is 12.2 Å². The van der Waals surface area contributed by atoms with Gasteiger partial charge in [0.05, 0.1) is 19.8 Å². The first-order valence-corrected chi connectivity index (χ1v) is 19.8. The molecule has 1 rings (SSSR count). The predicted molar refractivity (Wildman–Crippen MR) is 184 cm³/mol. The number of aliphatic hydroxyl groups is 3. The molecule has 0 amide bonds. The Morgan fingerprint density at radius 2 is 1.31 bits per heavy atom. The molecule has 6 unspecified atom stereocenters. The largest absolute Gasteiger partial charge is 0.457 e. The van der Waals surface area contributed by atoms with Crippen molar-refractivity contribution in [2.45, 2.75) is 179 Å². The van der Waals surface area contributed by atoms with E-state index in [1.807, 2.05) is 0 Å². The lowest BCUT2D eigenvalue weighted by molar-refractivity contribution is -0.301. The minimum Gasteiger partial charge on any atom is -0.457 e. The van der Waals surface area contributed by atoms with Gasteiger partial charge in [0.1, 0.15) is 30.5 Å². The molecule has 0 aromatic rings. The van der Waals surface area contributed by atoms with E-state index in [1.54, 1.807) is 0 Å². The molecule has 12 nitrogen and oxygen atoms in total. The fraction of sp³-hybridized carbons (Fsp3) is 0.914. The molecule has 0 bridgehead atoms. The number of ether oxygens (including phenoxy) is 4. The number of rotatable bonds is 31. The molecule has 1 aliphatic rings. The molecule has 0 aliphatic carbocycles. The van der Waals surface area contributed by atoms with Crippen LogP contribution in [-0.4, -0.2) is 97.5 Å². The monoisotopic (exact) mass is 710 g/mol. The molecule has 13 heteroatoms. The van der Waals surface area contributed by atoms with Crippen molar-refractivity contribution >= 4 is 16.4 Å². The van der Waals surface area contributed by atoms with E-state index in [2.05, 4.69) is 30.2 Å². The van der Waals surface area contributed by atoms with E-state index in [0.717, 1.165) is 57.8 Å². The van der Waals surface area contributed by atoms with Crippen LogP contribution in [0.25, 0.3) is 0 Å². The normalized spacial score (nSPS) is 22.3. The third kappa shape index (κ3) is 22.5. The van der Waals surface area contributed by atoms with Gasteiger partial charge in [0.2, 0.25) is 0 Å². The second-order valence-electron chi connectivity index (χ2n) is 12.8. The molecular weight excluding hydrogens is 644 g/mol. The summed E-state index contributed by atoms with van der Waals surface area (Å²) in [6, 6.07) is 0. The van der Waals surface area contributed by atoms with E-state index in [0.29, 0.717) is 13.0 Å². The lowest BCUT2D eigenvalue weighted by atomic mass is 9.99. The van der Waals surface area contributed by atoms with Gasteiger partial charge in [-0.05, 0) is 38.5 Å². The molecular formula is C35H66O12S. The van der Waals surface area contributed by atoms with Gasteiger partial charge in [0.25, 0.3) is 0 Å². The van der Waals surface area contributed by atoms with E-state index >= 15 is 0 Å². The molecule has 1 aliphatic heterocycles. The van der Waals surface area contributed by atoms with Gasteiger partial charge in [-0.2, -0.15) is 8.42 Å². The number of allylic oxidation sites excluding steroid dienone is 2.